The number of halogens is 1. The van der Waals surface area contributed by atoms with Crippen LogP contribution in [0.25, 0.3) is 0 Å². The van der Waals surface area contributed by atoms with Crippen LogP contribution in [0.3, 0.4) is 0 Å². The Kier molecular flexibility index (Phi) is 3.15. The van der Waals surface area contributed by atoms with E-state index in [9.17, 15) is 0 Å². The van der Waals surface area contributed by atoms with Crippen molar-refractivity contribution in [3.05, 3.63) is 64.2 Å². The maximum Gasteiger partial charge on any atom is 0.101 e. The van der Waals surface area contributed by atoms with E-state index in [1.54, 1.807) is 6.07 Å². The first kappa shape index (κ1) is 12.1. The number of fused-ring (bicyclic) bond motifs is 1. The molecule has 0 aromatic heterocycles. The van der Waals surface area contributed by atoms with E-state index in [2.05, 4.69) is 35.7 Å². The highest BCUT2D eigenvalue weighted by atomic mass is 35.5. The van der Waals surface area contributed by atoms with E-state index in [0.29, 0.717) is 16.6 Å². The maximum absolute atomic E-state index is 8.86. The van der Waals surface area contributed by atoms with Crippen LogP contribution in [0, 0.1) is 11.3 Å². The Bertz CT molecular complexity index is 633. The van der Waals surface area contributed by atoms with Crippen LogP contribution in [0.1, 0.15) is 16.7 Å². The highest BCUT2D eigenvalue weighted by Crippen LogP contribution is 2.26. The van der Waals surface area contributed by atoms with Crippen LogP contribution < -0.4 is 5.32 Å². The van der Waals surface area contributed by atoms with E-state index in [0.717, 1.165) is 18.5 Å². The van der Waals surface area contributed by atoms with Crippen molar-refractivity contribution in [2.75, 3.05) is 5.32 Å². The molecule has 1 N–H and O–H groups in total. The number of nitriles is 1. The summed E-state index contributed by atoms with van der Waals surface area (Å²) in [5.74, 6) is 0. The highest BCUT2D eigenvalue weighted by molar-refractivity contribution is 6.32. The van der Waals surface area contributed by atoms with Gasteiger partial charge in [-0.2, -0.15) is 5.26 Å². The molecule has 2 aromatic rings. The second-order valence-corrected chi connectivity index (χ2v) is 5.23. The quantitative estimate of drug-likeness (QED) is 0.899. The van der Waals surface area contributed by atoms with E-state index >= 15 is 0 Å². The molecule has 1 aliphatic rings. The summed E-state index contributed by atoms with van der Waals surface area (Å²) < 4.78 is 0. The Morgan fingerprint density at radius 3 is 2.37 bits per heavy atom. The second kappa shape index (κ2) is 4.95. The zero-order valence-corrected chi connectivity index (χ0v) is 11.1. The van der Waals surface area contributed by atoms with Crippen LogP contribution in [-0.4, -0.2) is 6.04 Å². The van der Waals surface area contributed by atoms with E-state index in [4.69, 9.17) is 16.9 Å². The molecule has 0 spiro atoms. The lowest BCUT2D eigenvalue weighted by molar-refractivity contribution is 0.774. The van der Waals surface area contributed by atoms with Gasteiger partial charge in [-0.05, 0) is 42.2 Å². The Morgan fingerprint density at radius 2 is 1.79 bits per heavy atom. The van der Waals surface area contributed by atoms with Crippen LogP contribution in [0.4, 0.5) is 5.69 Å². The minimum absolute atomic E-state index is 0.404. The van der Waals surface area contributed by atoms with Gasteiger partial charge in [-0.1, -0.05) is 35.9 Å². The smallest absolute Gasteiger partial charge is 0.101 e. The fourth-order valence-corrected chi connectivity index (χ4v) is 2.81. The standard InChI is InChI=1S/C16H13ClN2/c17-16-9-14(6-5-13(16)10-18)19-15-7-11-3-1-2-4-12(11)8-15/h1-6,9,15,19H,7-8H2. The third-order valence-electron chi connectivity index (χ3n) is 3.51. The van der Waals surface area contributed by atoms with Gasteiger partial charge in [-0.25, -0.2) is 0 Å². The number of benzene rings is 2. The van der Waals surface area contributed by atoms with E-state index in [1.807, 2.05) is 12.1 Å². The monoisotopic (exact) mass is 268 g/mol. The van der Waals surface area contributed by atoms with E-state index in [1.165, 1.54) is 11.1 Å². The molecule has 0 saturated heterocycles. The van der Waals surface area contributed by atoms with Crippen molar-refractivity contribution in [1.29, 1.82) is 5.26 Å². The van der Waals surface area contributed by atoms with E-state index < -0.39 is 0 Å². The zero-order chi connectivity index (χ0) is 13.2. The molecule has 3 heteroatoms. The molecule has 19 heavy (non-hydrogen) atoms. The SMILES string of the molecule is N#Cc1ccc(NC2Cc3ccccc3C2)cc1Cl. The van der Waals surface area contributed by atoms with Gasteiger partial charge < -0.3 is 5.32 Å². The van der Waals surface area contributed by atoms with Gasteiger partial charge in [0.25, 0.3) is 0 Å². The molecule has 0 atom stereocenters. The average molecular weight is 269 g/mol. The van der Waals surface area contributed by atoms with Gasteiger partial charge in [0, 0.05) is 11.7 Å². The lowest BCUT2D eigenvalue weighted by atomic mass is 10.1. The van der Waals surface area contributed by atoms with Crippen LogP contribution >= 0.6 is 11.6 Å². The summed E-state index contributed by atoms with van der Waals surface area (Å²) in [6.07, 6.45) is 2.07. The molecular weight excluding hydrogens is 256 g/mol. The second-order valence-electron chi connectivity index (χ2n) is 4.82. The van der Waals surface area contributed by atoms with Gasteiger partial charge in [0.2, 0.25) is 0 Å². The predicted octanol–water partition coefficient (Wildman–Crippen LogP) is 3.79. The van der Waals surface area contributed by atoms with Gasteiger partial charge in [-0.15, -0.1) is 0 Å². The molecule has 0 fully saturated rings. The fraction of sp³-hybridized carbons (Fsp3) is 0.188. The van der Waals surface area contributed by atoms with Crippen LogP contribution in [0.2, 0.25) is 5.02 Å². The van der Waals surface area contributed by atoms with E-state index in [-0.39, 0.29) is 0 Å². The van der Waals surface area contributed by atoms with Crippen molar-refractivity contribution in [2.45, 2.75) is 18.9 Å². The topological polar surface area (TPSA) is 35.8 Å². The first-order valence-electron chi connectivity index (χ1n) is 6.29. The minimum Gasteiger partial charge on any atom is -0.382 e. The molecule has 3 rings (SSSR count). The summed E-state index contributed by atoms with van der Waals surface area (Å²) >= 11 is 6.04. The summed E-state index contributed by atoms with van der Waals surface area (Å²) in [6, 6.07) is 16.5. The van der Waals surface area contributed by atoms with Gasteiger partial charge in [0.05, 0.1) is 10.6 Å². The largest absolute Gasteiger partial charge is 0.382 e. The van der Waals surface area contributed by atoms with Gasteiger partial charge in [0.15, 0.2) is 0 Å². The molecule has 0 amide bonds. The first-order chi connectivity index (χ1) is 9.26. The summed E-state index contributed by atoms with van der Waals surface area (Å²) in [5.41, 5.74) is 4.32. The Hall–Kier alpha value is -1.98. The molecule has 2 aromatic carbocycles. The molecule has 0 bridgehead atoms. The molecule has 0 aliphatic heterocycles. The minimum atomic E-state index is 0.404. The van der Waals surface area contributed by atoms with Crippen molar-refractivity contribution >= 4 is 17.3 Å². The lowest BCUT2D eigenvalue weighted by Gasteiger charge is -2.14. The van der Waals surface area contributed by atoms with Crippen LogP contribution in [-0.2, 0) is 12.8 Å². The van der Waals surface area contributed by atoms with Gasteiger partial charge >= 0.3 is 0 Å². The number of nitrogens with zero attached hydrogens (tertiary/aromatic N) is 1. The number of anilines is 1. The van der Waals surface area contributed by atoms with Crippen molar-refractivity contribution in [3.8, 4) is 6.07 Å². The number of nitrogens with one attached hydrogen (secondary N) is 1. The average Bonchev–Trinajstić information content (AvgIpc) is 2.81. The van der Waals surface area contributed by atoms with Crippen molar-refractivity contribution in [1.82, 2.24) is 0 Å². The molecule has 0 unspecified atom stereocenters. The Labute approximate surface area is 117 Å². The van der Waals surface area contributed by atoms with Gasteiger partial charge in [-0.3, -0.25) is 0 Å². The Balaban J connectivity index is 1.74. The van der Waals surface area contributed by atoms with Crippen LogP contribution in [0.15, 0.2) is 42.5 Å². The van der Waals surface area contributed by atoms with Crippen molar-refractivity contribution in [3.63, 3.8) is 0 Å². The first-order valence-corrected chi connectivity index (χ1v) is 6.67. The molecule has 94 valence electrons. The van der Waals surface area contributed by atoms with Crippen LogP contribution in [0.5, 0.6) is 0 Å². The molecule has 2 nitrogen and oxygen atoms in total. The highest BCUT2D eigenvalue weighted by Gasteiger charge is 2.20. The molecule has 0 radical (unpaired) electrons. The fourth-order valence-electron chi connectivity index (χ4n) is 2.59. The maximum atomic E-state index is 8.86. The summed E-state index contributed by atoms with van der Waals surface area (Å²) in [4.78, 5) is 0. The lowest BCUT2D eigenvalue weighted by Crippen LogP contribution is -2.19. The number of hydrogen-bond donors (Lipinski definition) is 1. The third kappa shape index (κ3) is 2.43. The normalized spacial score (nSPS) is 13.9. The van der Waals surface area contributed by atoms with Crippen molar-refractivity contribution in [2.24, 2.45) is 0 Å². The third-order valence-corrected chi connectivity index (χ3v) is 3.82. The summed E-state index contributed by atoms with van der Waals surface area (Å²) in [6.45, 7) is 0. The molecular formula is C16H13ClN2. The number of hydrogen-bond acceptors (Lipinski definition) is 2. The molecule has 0 heterocycles. The summed E-state index contributed by atoms with van der Waals surface area (Å²) in [7, 11) is 0. The predicted molar refractivity (Wildman–Crippen MR) is 77.4 cm³/mol. The van der Waals surface area contributed by atoms with Gasteiger partial charge in [0.1, 0.15) is 6.07 Å². The zero-order valence-electron chi connectivity index (χ0n) is 10.4. The molecule has 0 saturated carbocycles. The number of rotatable bonds is 2. The molecule has 1 aliphatic carbocycles. The van der Waals surface area contributed by atoms with Crippen molar-refractivity contribution < 1.29 is 0 Å². The Morgan fingerprint density at radius 1 is 1.11 bits per heavy atom. The summed E-state index contributed by atoms with van der Waals surface area (Å²) in [5, 5.41) is 12.8.